The molecule has 0 saturated heterocycles. The van der Waals surface area contributed by atoms with E-state index in [0.29, 0.717) is 42.1 Å². The third kappa shape index (κ3) is 6.74. The van der Waals surface area contributed by atoms with E-state index in [9.17, 15) is 5.11 Å². The summed E-state index contributed by atoms with van der Waals surface area (Å²) in [6, 6.07) is 5.07. The van der Waals surface area contributed by atoms with Gasteiger partial charge in [-0.2, -0.15) is 0 Å². The molecule has 5 nitrogen and oxygen atoms in total. The molecule has 1 aromatic carbocycles. The standard InChI is InChI=1S/C13H19Cl2NO4/c14-11-2-1-3-12(15)13(11)20-9-10(18)8-16-4-6-19-7-5-17/h1-3,10,16-18H,4-9H2. The number of nitrogens with one attached hydrogen (secondary N) is 1. The summed E-state index contributed by atoms with van der Waals surface area (Å²) in [6.07, 6.45) is -0.680. The zero-order chi connectivity index (χ0) is 14.8. The van der Waals surface area contributed by atoms with Crippen LogP contribution in [0.25, 0.3) is 0 Å². The van der Waals surface area contributed by atoms with Crippen molar-refractivity contribution in [2.75, 3.05) is 39.5 Å². The van der Waals surface area contributed by atoms with Crippen molar-refractivity contribution in [2.45, 2.75) is 6.10 Å². The predicted octanol–water partition coefficient (Wildman–Crippen LogP) is 1.33. The van der Waals surface area contributed by atoms with Crippen LogP contribution in [0, 0.1) is 0 Å². The summed E-state index contributed by atoms with van der Waals surface area (Å²) < 4.78 is 10.5. The highest BCUT2D eigenvalue weighted by atomic mass is 35.5. The van der Waals surface area contributed by atoms with Gasteiger partial charge < -0.3 is 25.0 Å². The lowest BCUT2D eigenvalue weighted by Gasteiger charge is -2.14. The van der Waals surface area contributed by atoms with Crippen LogP contribution in [0.4, 0.5) is 0 Å². The molecular formula is C13H19Cl2NO4. The minimum absolute atomic E-state index is 0.00899. The number of halogens is 2. The minimum atomic E-state index is -0.680. The number of para-hydroxylation sites is 1. The molecule has 0 aliphatic rings. The Labute approximate surface area is 128 Å². The van der Waals surface area contributed by atoms with Crippen molar-refractivity contribution in [1.29, 1.82) is 0 Å². The summed E-state index contributed by atoms with van der Waals surface area (Å²) in [6.45, 7) is 1.85. The molecule has 0 fully saturated rings. The Morgan fingerprint density at radius 2 is 1.90 bits per heavy atom. The van der Waals surface area contributed by atoms with E-state index in [1.165, 1.54) is 0 Å². The Hall–Kier alpha value is -0.560. The summed E-state index contributed by atoms with van der Waals surface area (Å²) in [5.41, 5.74) is 0. The van der Waals surface area contributed by atoms with Gasteiger partial charge in [-0.1, -0.05) is 29.3 Å². The third-order valence-corrected chi connectivity index (χ3v) is 2.97. The fraction of sp³-hybridized carbons (Fsp3) is 0.538. The van der Waals surface area contributed by atoms with Crippen molar-refractivity contribution in [3.63, 3.8) is 0 Å². The topological polar surface area (TPSA) is 71.0 Å². The number of hydrogen-bond acceptors (Lipinski definition) is 5. The summed E-state index contributed by atoms with van der Waals surface area (Å²) in [5.74, 6) is 0.376. The molecule has 0 radical (unpaired) electrons. The lowest BCUT2D eigenvalue weighted by molar-refractivity contribution is 0.0842. The first kappa shape index (κ1) is 17.5. The van der Waals surface area contributed by atoms with Crippen molar-refractivity contribution in [3.8, 4) is 5.75 Å². The molecule has 1 aromatic rings. The summed E-state index contributed by atoms with van der Waals surface area (Å²) in [5, 5.41) is 22.1. The van der Waals surface area contributed by atoms with Crippen LogP contribution in [-0.2, 0) is 4.74 Å². The van der Waals surface area contributed by atoms with Gasteiger partial charge in [-0.15, -0.1) is 0 Å². The van der Waals surface area contributed by atoms with Crippen molar-refractivity contribution in [1.82, 2.24) is 5.32 Å². The second kappa shape index (κ2) is 10.2. The van der Waals surface area contributed by atoms with Gasteiger partial charge >= 0.3 is 0 Å². The molecule has 1 rings (SSSR count). The molecule has 0 aliphatic carbocycles. The van der Waals surface area contributed by atoms with Gasteiger partial charge in [-0.25, -0.2) is 0 Å². The lowest BCUT2D eigenvalue weighted by Crippen LogP contribution is -2.33. The normalized spacial score (nSPS) is 12.4. The Morgan fingerprint density at radius 1 is 1.20 bits per heavy atom. The highest BCUT2D eigenvalue weighted by Crippen LogP contribution is 2.32. The molecule has 1 unspecified atom stereocenters. The van der Waals surface area contributed by atoms with Gasteiger partial charge in [0, 0.05) is 13.1 Å². The number of ether oxygens (including phenoxy) is 2. The predicted molar refractivity (Wildman–Crippen MR) is 78.7 cm³/mol. The van der Waals surface area contributed by atoms with Crippen molar-refractivity contribution < 1.29 is 19.7 Å². The van der Waals surface area contributed by atoms with Gasteiger partial charge in [0.1, 0.15) is 12.7 Å². The van der Waals surface area contributed by atoms with Crippen LogP contribution in [0.1, 0.15) is 0 Å². The Morgan fingerprint density at radius 3 is 2.55 bits per heavy atom. The Balaban J connectivity index is 2.18. The van der Waals surface area contributed by atoms with Gasteiger partial charge in [-0.05, 0) is 12.1 Å². The Bertz CT molecular complexity index is 372. The van der Waals surface area contributed by atoms with E-state index in [0.717, 1.165) is 0 Å². The quantitative estimate of drug-likeness (QED) is 0.567. The molecule has 20 heavy (non-hydrogen) atoms. The van der Waals surface area contributed by atoms with Crippen molar-refractivity contribution >= 4 is 23.2 Å². The lowest BCUT2D eigenvalue weighted by atomic mass is 10.3. The van der Waals surface area contributed by atoms with E-state index in [4.69, 9.17) is 37.8 Å². The van der Waals surface area contributed by atoms with E-state index in [2.05, 4.69) is 5.32 Å². The van der Waals surface area contributed by atoms with E-state index >= 15 is 0 Å². The Kier molecular flexibility index (Phi) is 8.93. The zero-order valence-corrected chi connectivity index (χ0v) is 12.5. The van der Waals surface area contributed by atoms with Gasteiger partial charge in [0.25, 0.3) is 0 Å². The molecule has 0 bridgehead atoms. The van der Waals surface area contributed by atoms with E-state index in [1.54, 1.807) is 18.2 Å². The number of hydrogen-bond donors (Lipinski definition) is 3. The van der Waals surface area contributed by atoms with Gasteiger partial charge in [0.2, 0.25) is 0 Å². The molecule has 114 valence electrons. The van der Waals surface area contributed by atoms with Crippen LogP contribution >= 0.6 is 23.2 Å². The van der Waals surface area contributed by atoms with Gasteiger partial charge in [0.05, 0.1) is 29.9 Å². The van der Waals surface area contributed by atoms with Crippen LogP contribution in [0.3, 0.4) is 0 Å². The molecule has 0 heterocycles. The highest BCUT2D eigenvalue weighted by Gasteiger charge is 2.10. The second-order valence-electron chi connectivity index (χ2n) is 4.06. The fourth-order valence-corrected chi connectivity index (χ4v) is 1.95. The van der Waals surface area contributed by atoms with E-state index in [-0.39, 0.29) is 13.2 Å². The monoisotopic (exact) mass is 323 g/mol. The highest BCUT2D eigenvalue weighted by molar-refractivity contribution is 6.37. The number of benzene rings is 1. The first-order valence-electron chi connectivity index (χ1n) is 6.29. The van der Waals surface area contributed by atoms with Crippen LogP contribution in [0.5, 0.6) is 5.75 Å². The summed E-state index contributed by atoms with van der Waals surface area (Å²) >= 11 is 11.9. The average Bonchev–Trinajstić information content (AvgIpc) is 2.42. The van der Waals surface area contributed by atoms with Crippen LogP contribution in [-0.4, -0.2) is 55.8 Å². The minimum Gasteiger partial charge on any atom is -0.488 e. The molecular weight excluding hydrogens is 305 g/mol. The number of rotatable bonds is 10. The van der Waals surface area contributed by atoms with Crippen molar-refractivity contribution in [3.05, 3.63) is 28.2 Å². The maximum atomic E-state index is 9.74. The first-order chi connectivity index (χ1) is 9.65. The largest absolute Gasteiger partial charge is 0.488 e. The maximum Gasteiger partial charge on any atom is 0.156 e. The van der Waals surface area contributed by atoms with Crippen LogP contribution in [0.2, 0.25) is 10.0 Å². The summed E-state index contributed by atoms with van der Waals surface area (Å²) in [4.78, 5) is 0. The van der Waals surface area contributed by atoms with Crippen LogP contribution < -0.4 is 10.1 Å². The van der Waals surface area contributed by atoms with Crippen molar-refractivity contribution in [2.24, 2.45) is 0 Å². The van der Waals surface area contributed by atoms with Gasteiger partial charge in [0.15, 0.2) is 5.75 Å². The first-order valence-corrected chi connectivity index (χ1v) is 7.05. The number of aliphatic hydroxyl groups is 2. The zero-order valence-electron chi connectivity index (χ0n) is 11.0. The van der Waals surface area contributed by atoms with E-state index < -0.39 is 6.10 Å². The molecule has 0 spiro atoms. The van der Waals surface area contributed by atoms with E-state index in [1.807, 2.05) is 0 Å². The SMILES string of the molecule is OCCOCCNCC(O)COc1c(Cl)cccc1Cl. The average molecular weight is 324 g/mol. The van der Waals surface area contributed by atoms with Crippen LogP contribution in [0.15, 0.2) is 18.2 Å². The molecule has 0 aromatic heterocycles. The molecule has 7 heteroatoms. The molecule has 3 N–H and O–H groups in total. The molecule has 1 atom stereocenters. The molecule has 0 saturated carbocycles. The fourth-order valence-electron chi connectivity index (χ4n) is 1.44. The third-order valence-electron chi connectivity index (χ3n) is 2.38. The smallest absolute Gasteiger partial charge is 0.156 e. The number of aliphatic hydroxyl groups excluding tert-OH is 2. The molecule has 0 aliphatic heterocycles. The maximum absolute atomic E-state index is 9.74. The second-order valence-corrected chi connectivity index (χ2v) is 4.87. The molecule has 0 amide bonds. The van der Waals surface area contributed by atoms with Gasteiger partial charge in [-0.3, -0.25) is 0 Å². The summed E-state index contributed by atoms with van der Waals surface area (Å²) in [7, 11) is 0.